The zero-order valence-electron chi connectivity index (χ0n) is 12.5. The van der Waals surface area contributed by atoms with Crippen molar-refractivity contribution in [3.8, 4) is 0 Å². The van der Waals surface area contributed by atoms with Crippen LogP contribution in [0.25, 0.3) is 16.8 Å². The molecule has 0 bridgehead atoms. The van der Waals surface area contributed by atoms with E-state index in [0.717, 1.165) is 18.4 Å². The van der Waals surface area contributed by atoms with Gasteiger partial charge in [-0.05, 0) is 35.3 Å². The van der Waals surface area contributed by atoms with Crippen LogP contribution in [0.1, 0.15) is 31.2 Å². The Balaban J connectivity index is 1.79. The third kappa shape index (κ3) is 2.99. The van der Waals surface area contributed by atoms with E-state index < -0.39 is 0 Å². The second kappa shape index (κ2) is 6.13. The summed E-state index contributed by atoms with van der Waals surface area (Å²) < 4.78 is 0. The first kappa shape index (κ1) is 13.9. The summed E-state index contributed by atoms with van der Waals surface area (Å²) in [5.74, 6) is 0.106. The molecule has 0 heterocycles. The number of nitrogens with zero attached hydrogens (tertiary/aromatic N) is 1. The predicted octanol–water partition coefficient (Wildman–Crippen LogP) is 4.25. The number of hydrogen-bond acceptors (Lipinski definition) is 1. The number of fused-ring (bicyclic) bond motifs is 1. The van der Waals surface area contributed by atoms with Crippen molar-refractivity contribution in [1.82, 2.24) is 4.90 Å². The number of carbonyl (C=O) groups excluding carboxylic acids is 1. The fraction of sp³-hybridized carbons (Fsp3) is 0.316. The second-order valence-corrected chi connectivity index (χ2v) is 5.79. The van der Waals surface area contributed by atoms with Gasteiger partial charge in [-0.25, -0.2) is 0 Å². The molecular formula is C19H21NO. The highest BCUT2D eigenvalue weighted by atomic mass is 16.2. The maximum Gasteiger partial charge on any atom is 0.246 e. The van der Waals surface area contributed by atoms with E-state index in [0.29, 0.717) is 6.04 Å². The molecule has 0 aromatic heterocycles. The van der Waals surface area contributed by atoms with Gasteiger partial charge in [0.1, 0.15) is 0 Å². The van der Waals surface area contributed by atoms with Crippen LogP contribution in [0.15, 0.2) is 48.5 Å². The van der Waals surface area contributed by atoms with Crippen molar-refractivity contribution in [3.05, 3.63) is 54.1 Å². The average molecular weight is 279 g/mol. The van der Waals surface area contributed by atoms with E-state index in [2.05, 4.69) is 24.3 Å². The van der Waals surface area contributed by atoms with Crippen molar-refractivity contribution in [1.29, 1.82) is 0 Å². The van der Waals surface area contributed by atoms with Crippen molar-refractivity contribution >= 4 is 22.8 Å². The van der Waals surface area contributed by atoms with Crippen LogP contribution in [0, 0.1) is 0 Å². The third-order valence-electron chi connectivity index (χ3n) is 4.45. The number of hydrogen-bond donors (Lipinski definition) is 0. The molecule has 2 heteroatoms. The Morgan fingerprint density at radius 3 is 2.62 bits per heavy atom. The minimum Gasteiger partial charge on any atom is -0.339 e. The fourth-order valence-electron chi connectivity index (χ4n) is 3.15. The standard InChI is InChI=1S/C19H21NO/c1-20(17-10-3-4-11-17)19(21)14-13-16-9-6-8-15-7-2-5-12-18(15)16/h2,5-9,12-14,17H,3-4,10-11H2,1H3. The van der Waals surface area contributed by atoms with E-state index >= 15 is 0 Å². The highest BCUT2D eigenvalue weighted by Gasteiger charge is 2.21. The van der Waals surface area contributed by atoms with Crippen LogP contribution in [0.3, 0.4) is 0 Å². The summed E-state index contributed by atoms with van der Waals surface area (Å²) in [6.07, 6.45) is 8.43. The van der Waals surface area contributed by atoms with Crippen LogP contribution in [-0.2, 0) is 4.79 Å². The smallest absolute Gasteiger partial charge is 0.246 e. The van der Waals surface area contributed by atoms with Crippen LogP contribution in [0.4, 0.5) is 0 Å². The molecule has 108 valence electrons. The van der Waals surface area contributed by atoms with E-state index in [9.17, 15) is 4.79 Å². The summed E-state index contributed by atoms with van der Waals surface area (Å²) in [5.41, 5.74) is 1.10. The van der Waals surface area contributed by atoms with Crippen molar-refractivity contribution in [2.75, 3.05) is 7.05 Å². The summed E-state index contributed by atoms with van der Waals surface area (Å²) in [6, 6.07) is 14.9. The summed E-state index contributed by atoms with van der Waals surface area (Å²) >= 11 is 0. The number of amides is 1. The first-order valence-corrected chi connectivity index (χ1v) is 7.68. The molecule has 1 aliphatic carbocycles. The Hall–Kier alpha value is -2.09. The molecule has 0 atom stereocenters. The first-order valence-electron chi connectivity index (χ1n) is 7.68. The van der Waals surface area contributed by atoms with Gasteiger partial charge in [-0.2, -0.15) is 0 Å². The van der Waals surface area contributed by atoms with E-state index in [1.807, 2.05) is 36.2 Å². The molecule has 0 spiro atoms. The zero-order valence-corrected chi connectivity index (χ0v) is 12.5. The molecular weight excluding hydrogens is 258 g/mol. The Morgan fingerprint density at radius 1 is 1.10 bits per heavy atom. The van der Waals surface area contributed by atoms with Gasteiger partial charge in [0.25, 0.3) is 0 Å². The van der Waals surface area contributed by atoms with E-state index in [-0.39, 0.29) is 5.91 Å². The van der Waals surface area contributed by atoms with Crippen molar-refractivity contribution < 1.29 is 4.79 Å². The van der Waals surface area contributed by atoms with Crippen molar-refractivity contribution in [3.63, 3.8) is 0 Å². The van der Waals surface area contributed by atoms with Gasteiger partial charge in [0.05, 0.1) is 0 Å². The van der Waals surface area contributed by atoms with Crippen LogP contribution in [-0.4, -0.2) is 23.9 Å². The lowest BCUT2D eigenvalue weighted by atomic mass is 10.0. The van der Waals surface area contributed by atoms with Gasteiger partial charge in [0.2, 0.25) is 5.91 Å². The van der Waals surface area contributed by atoms with Crippen molar-refractivity contribution in [2.45, 2.75) is 31.7 Å². The molecule has 21 heavy (non-hydrogen) atoms. The molecule has 2 aromatic carbocycles. The molecule has 0 aliphatic heterocycles. The van der Waals surface area contributed by atoms with Gasteiger partial charge in [0, 0.05) is 19.2 Å². The van der Waals surface area contributed by atoms with Crippen LogP contribution in [0.2, 0.25) is 0 Å². The monoisotopic (exact) mass is 279 g/mol. The Kier molecular flexibility index (Phi) is 4.05. The van der Waals surface area contributed by atoms with Crippen molar-refractivity contribution in [2.24, 2.45) is 0 Å². The average Bonchev–Trinajstić information content (AvgIpc) is 3.06. The molecule has 2 nitrogen and oxygen atoms in total. The topological polar surface area (TPSA) is 20.3 Å². The lowest BCUT2D eigenvalue weighted by molar-refractivity contribution is -0.126. The minimum atomic E-state index is 0.106. The molecule has 0 N–H and O–H groups in total. The van der Waals surface area contributed by atoms with Gasteiger partial charge < -0.3 is 4.90 Å². The summed E-state index contributed by atoms with van der Waals surface area (Å²) in [7, 11) is 1.92. The largest absolute Gasteiger partial charge is 0.339 e. The molecule has 1 aliphatic rings. The third-order valence-corrected chi connectivity index (χ3v) is 4.45. The number of likely N-dealkylation sites (N-methyl/N-ethyl adjacent to an activating group) is 1. The Labute approximate surface area is 126 Å². The zero-order chi connectivity index (χ0) is 14.7. The minimum absolute atomic E-state index is 0.106. The quantitative estimate of drug-likeness (QED) is 0.769. The summed E-state index contributed by atoms with van der Waals surface area (Å²) in [5, 5.41) is 2.39. The molecule has 0 radical (unpaired) electrons. The van der Waals surface area contributed by atoms with Crippen LogP contribution < -0.4 is 0 Å². The molecule has 1 saturated carbocycles. The fourth-order valence-corrected chi connectivity index (χ4v) is 3.15. The van der Waals surface area contributed by atoms with Gasteiger partial charge in [0.15, 0.2) is 0 Å². The summed E-state index contributed by atoms with van der Waals surface area (Å²) in [4.78, 5) is 14.2. The molecule has 0 saturated heterocycles. The maximum atomic E-state index is 12.3. The first-order chi connectivity index (χ1) is 10.3. The van der Waals surface area contributed by atoms with Crippen LogP contribution in [0.5, 0.6) is 0 Å². The lowest BCUT2D eigenvalue weighted by Gasteiger charge is -2.22. The highest BCUT2D eigenvalue weighted by Crippen LogP contribution is 2.23. The number of rotatable bonds is 3. The molecule has 3 rings (SSSR count). The van der Waals surface area contributed by atoms with E-state index in [1.54, 1.807) is 6.08 Å². The Bertz CT molecular complexity index is 663. The molecule has 0 unspecified atom stereocenters. The molecule has 2 aromatic rings. The second-order valence-electron chi connectivity index (χ2n) is 5.79. The maximum absolute atomic E-state index is 12.3. The Morgan fingerprint density at radius 2 is 1.81 bits per heavy atom. The predicted molar refractivity (Wildman–Crippen MR) is 88.0 cm³/mol. The molecule has 1 amide bonds. The van der Waals surface area contributed by atoms with Crippen LogP contribution >= 0.6 is 0 Å². The van der Waals surface area contributed by atoms with Gasteiger partial charge >= 0.3 is 0 Å². The lowest BCUT2D eigenvalue weighted by Crippen LogP contribution is -2.33. The van der Waals surface area contributed by atoms with Gasteiger partial charge in [-0.1, -0.05) is 55.3 Å². The normalized spacial score (nSPS) is 15.9. The number of carbonyl (C=O) groups is 1. The molecule has 1 fully saturated rings. The SMILES string of the molecule is CN(C(=O)C=Cc1cccc2ccccc12)C1CCCC1. The van der Waals surface area contributed by atoms with Gasteiger partial charge in [-0.3, -0.25) is 4.79 Å². The highest BCUT2D eigenvalue weighted by molar-refractivity contribution is 5.96. The van der Waals surface area contributed by atoms with E-state index in [4.69, 9.17) is 0 Å². The van der Waals surface area contributed by atoms with Gasteiger partial charge in [-0.15, -0.1) is 0 Å². The summed E-state index contributed by atoms with van der Waals surface area (Å²) in [6.45, 7) is 0. The van der Waals surface area contributed by atoms with E-state index in [1.165, 1.54) is 23.6 Å². The number of benzene rings is 2.